The highest BCUT2D eigenvalue weighted by atomic mass is 32.1. The summed E-state index contributed by atoms with van der Waals surface area (Å²) in [5.74, 6) is 0.201. The third-order valence-corrected chi connectivity index (χ3v) is 4.88. The number of hydrogen-bond acceptors (Lipinski definition) is 5. The van der Waals surface area contributed by atoms with Gasteiger partial charge in [-0.2, -0.15) is 0 Å². The maximum absolute atomic E-state index is 13.1. The van der Waals surface area contributed by atoms with Crippen LogP contribution in [0.3, 0.4) is 0 Å². The first-order valence-corrected chi connectivity index (χ1v) is 9.33. The number of benzene rings is 2. The molecule has 2 aromatic carbocycles. The van der Waals surface area contributed by atoms with Crippen LogP contribution in [0.4, 0.5) is 11.4 Å². The third kappa shape index (κ3) is 3.42. The first kappa shape index (κ1) is 19.3. The first-order chi connectivity index (χ1) is 14.5. The molecule has 1 aromatic heterocycles. The molecule has 0 saturated carbocycles. The molecule has 30 heavy (non-hydrogen) atoms. The van der Waals surface area contributed by atoms with Gasteiger partial charge in [0.15, 0.2) is 5.11 Å². The van der Waals surface area contributed by atoms with Crippen LogP contribution in [0.2, 0.25) is 0 Å². The van der Waals surface area contributed by atoms with Crippen LogP contribution in [-0.4, -0.2) is 27.6 Å². The number of nitro benzene ring substituents is 1. The number of hydrogen-bond donors (Lipinski definition) is 1. The molecule has 1 aliphatic heterocycles. The van der Waals surface area contributed by atoms with Gasteiger partial charge in [-0.25, -0.2) is 4.90 Å². The lowest BCUT2D eigenvalue weighted by Crippen LogP contribution is -2.30. The van der Waals surface area contributed by atoms with Crippen molar-refractivity contribution in [2.45, 2.75) is 0 Å². The SMILES string of the molecule is COc1ccccc1N1C(=O)/C(=C\c2cccn2-c2cccc([N+](=O)[O-])c2)NC1=S. The lowest BCUT2D eigenvalue weighted by Gasteiger charge is -2.17. The van der Waals surface area contributed by atoms with Crippen LogP contribution in [0.1, 0.15) is 5.69 Å². The van der Waals surface area contributed by atoms with Crippen LogP contribution in [-0.2, 0) is 4.79 Å². The van der Waals surface area contributed by atoms with Crippen molar-refractivity contribution in [2.75, 3.05) is 12.0 Å². The molecule has 0 atom stereocenters. The van der Waals surface area contributed by atoms with Crippen LogP contribution in [0.5, 0.6) is 5.75 Å². The predicted octanol–water partition coefficient (Wildman–Crippen LogP) is 3.66. The van der Waals surface area contributed by atoms with Gasteiger partial charge in [0, 0.05) is 24.0 Å². The zero-order chi connectivity index (χ0) is 21.3. The maximum Gasteiger partial charge on any atom is 0.281 e. The molecular formula is C21H16N4O4S. The molecular weight excluding hydrogens is 404 g/mol. The standard InChI is InChI=1S/C21H16N4O4S/c1-29-19-10-3-2-9-18(19)24-20(26)17(22-21(24)30)13-15-8-5-11-23(15)14-6-4-7-16(12-14)25(27)28/h2-13H,1H3,(H,22,30)/b17-13+. The molecule has 0 spiro atoms. The van der Waals surface area contributed by atoms with Gasteiger partial charge < -0.3 is 14.6 Å². The topological polar surface area (TPSA) is 89.6 Å². The van der Waals surface area contributed by atoms with Crippen molar-refractivity contribution in [2.24, 2.45) is 0 Å². The number of nitrogens with one attached hydrogen (secondary N) is 1. The number of carbonyl (C=O) groups excluding carboxylic acids is 1. The molecule has 8 nitrogen and oxygen atoms in total. The molecule has 0 radical (unpaired) electrons. The molecule has 9 heteroatoms. The summed E-state index contributed by atoms with van der Waals surface area (Å²) in [6, 6.07) is 17.0. The summed E-state index contributed by atoms with van der Waals surface area (Å²) >= 11 is 5.37. The molecule has 4 rings (SSSR count). The van der Waals surface area contributed by atoms with E-state index in [2.05, 4.69) is 5.32 Å². The summed E-state index contributed by atoms with van der Waals surface area (Å²) in [6.07, 6.45) is 3.42. The zero-order valence-electron chi connectivity index (χ0n) is 15.8. The van der Waals surface area contributed by atoms with E-state index >= 15 is 0 Å². The monoisotopic (exact) mass is 420 g/mol. The van der Waals surface area contributed by atoms with E-state index in [-0.39, 0.29) is 22.4 Å². The highest BCUT2D eigenvalue weighted by Crippen LogP contribution is 2.31. The summed E-state index contributed by atoms with van der Waals surface area (Å²) in [7, 11) is 1.53. The fourth-order valence-electron chi connectivity index (χ4n) is 3.22. The highest BCUT2D eigenvalue weighted by molar-refractivity contribution is 7.80. The Bertz CT molecular complexity index is 1200. The van der Waals surface area contributed by atoms with Gasteiger partial charge in [-0.3, -0.25) is 14.9 Å². The maximum atomic E-state index is 13.1. The molecule has 150 valence electrons. The summed E-state index contributed by atoms with van der Waals surface area (Å²) in [5.41, 5.74) is 2.08. The number of non-ortho nitro benzene ring substituents is 1. The zero-order valence-corrected chi connectivity index (χ0v) is 16.6. The first-order valence-electron chi connectivity index (χ1n) is 8.92. The second-order valence-corrected chi connectivity index (χ2v) is 6.77. The number of anilines is 1. The lowest BCUT2D eigenvalue weighted by atomic mass is 10.2. The van der Waals surface area contributed by atoms with E-state index in [1.54, 1.807) is 59.3 Å². The smallest absolute Gasteiger partial charge is 0.281 e. The molecule has 0 aliphatic carbocycles. The van der Waals surface area contributed by atoms with Gasteiger partial charge in [0.1, 0.15) is 11.4 Å². The molecule has 0 unspecified atom stereocenters. The average molecular weight is 420 g/mol. The normalized spacial score (nSPS) is 14.8. The van der Waals surface area contributed by atoms with Crippen molar-refractivity contribution in [3.63, 3.8) is 0 Å². The van der Waals surface area contributed by atoms with Gasteiger partial charge in [0.25, 0.3) is 11.6 Å². The fourth-order valence-corrected chi connectivity index (χ4v) is 3.51. The van der Waals surface area contributed by atoms with Crippen LogP contribution in [0.15, 0.2) is 72.6 Å². The number of carbonyl (C=O) groups is 1. The number of thiocarbonyl (C=S) groups is 1. The summed E-state index contributed by atoms with van der Waals surface area (Å²) in [6.45, 7) is 0. The van der Waals surface area contributed by atoms with Crippen LogP contribution >= 0.6 is 12.2 Å². The number of rotatable bonds is 5. The minimum absolute atomic E-state index is 0.0154. The number of amides is 1. The number of nitro groups is 1. The number of ether oxygens (including phenoxy) is 1. The highest BCUT2D eigenvalue weighted by Gasteiger charge is 2.33. The molecule has 0 bridgehead atoms. The molecule has 3 aromatic rings. The van der Waals surface area contributed by atoms with Crippen LogP contribution < -0.4 is 15.0 Å². The van der Waals surface area contributed by atoms with E-state index < -0.39 is 4.92 Å². The lowest BCUT2D eigenvalue weighted by molar-refractivity contribution is -0.384. The Balaban J connectivity index is 1.70. The molecule has 2 heterocycles. The Kier molecular flexibility index (Phi) is 5.03. The summed E-state index contributed by atoms with van der Waals surface area (Å²) in [5, 5.41) is 14.3. The van der Waals surface area contributed by atoms with Gasteiger partial charge in [0.05, 0.1) is 23.4 Å². The Hall–Kier alpha value is -3.98. The largest absolute Gasteiger partial charge is 0.495 e. The second kappa shape index (κ2) is 7.80. The van der Waals surface area contributed by atoms with E-state index in [4.69, 9.17) is 17.0 Å². The Morgan fingerprint density at radius 2 is 1.93 bits per heavy atom. The van der Waals surface area contributed by atoms with Crippen molar-refractivity contribution in [1.82, 2.24) is 9.88 Å². The van der Waals surface area contributed by atoms with Gasteiger partial charge in [-0.15, -0.1) is 0 Å². The number of methoxy groups -OCH3 is 1. The summed E-state index contributed by atoms with van der Waals surface area (Å²) in [4.78, 5) is 25.1. The van der Waals surface area contributed by atoms with Crippen molar-refractivity contribution >= 4 is 40.7 Å². The third-order valence-electron chi connectivity index (χ3n) is 4.60. The van der Waals surface area contributed by atoms with Gasteiger partial charge in [-0.05, 0) is 48.6 Å². The van der Waals surface area contributed by atoms with Crippen molar-refractivity contribution in [1.29, 1.82) is 0 Å². The quantitative estimate of drug-likeness (QED) is 0.293. The minimum atomic E-state index is -0.448. The number of aromatic nitrogens is 1. The van der Waals surface area contributed by atoms with E-state index in [0.717, 1.165) is 0 Å². The van der Waals surface area contributed by atoms with Crippen molar-refractivity contribution in [3.8, 4) is 11.4 Å². The second-order valence-electron chi connectivity index (χ2n) is 6.38. The van der Waals surface area contributed by atoms with Crippen molar-refractivity contribution in [3.05, 3.63) is 88.4 Å². The average Bonchev–Trinajstić information content (AvgIpc) is 3.32. The van der Waals surface area contributed by atoms with Gasteiger partial charge >= 0.3 is 0 Å². The Morgan fingerprint density at radius 3 is 2.70 bits per heavy atom. The van der Waals surface area contributed by atoms with Crippen LogP contribution in [0.25, 0.3) is 11.8 Å². The summed E-state index contributed by atoms with van der Waals surface area (Å²) < 4.78 is 7.10. The van der Waals surface area contributed by atoms with E-state index in [1.807, 2.05) is 6.07 Å². The molecule has 1 amide bonds. The minimum Gasteiger partial charge on any atom is -0.495 e. The number of para-hydroxylation sites is 2. The van der Waals surface area contributed by atoms with Crippen LogP contribution in [0, 0.1) is 10.1 Å². The van der Waals surface area contributed by atoms with Gasteiger partial charge in [-0.1, -0.05) is 18.2 Å². The Morgan fingerprint density at radius 1 is 1.13 bits per heavy atom. The van der Waals surface area contributed by atoms with E-state index in [9.17, 15) is 14.9 Å². The molecule has 1 fully saturated rings. The Labute approximate surface area is 177 Å². The van der Waals surface area contributed by atoms with E-state index in [1.165, 1.54) is 24.1 Å². The molecule has 1 aliphatic rings. The predicted molar refractivity (Wildman–Crippen MR) is 117 cm³/mol. The fraction of sp³-hybridized carbons (Fsp3) is 0.0476. The van der Waals surface area contributed by atoms with E-state index in [0.29, 0.717) is 22.8 Å². The molecule has 1 saturated heterocycles. The number of nitrogens with zero attached hydrogens (tertiary/aromatic N) is 3. The van der Waals surface area contributed by atoms with Gasteiger partial charge in [0.2, 0.25) is 0 Å². The molecule has 1 N–H and O–H groups in total. The van der Waals surface area contributed by atoms with Crippen molar-refractivity contribution < 1.29 is 14.5 Å².